The summed E-state index contributed by atoms with van der Waals surface area (Å²) in [6, 6.07) is 14.4. The lowest BCUT2D eigenvalue weighted by molar-refractivity contribution is -0.141. The van der Waals surface area contributed by atoms with Gasteiger partial charge in [-0.2, -0.15) is 0 Å². The Kier molecular flexibility index (Phi) is 7.83. The van der Waals surface area contributed by atoms with E-state index < -0.39 is 6.04 Å². The Hall–Kier alpha value is -3.06. The van der Waals surface area contributed by atoms with Crippen molar-refractivity contribution in [3.8, 4) is 5.75 Å². The number of carbonyl (C=O) groups excluding carboxylic acids is 2. The van der Waals surface area contributed by atoms with Gasteiger partial charge in [0, 0.05) is 16.5 Å². The summed E-state index contributed by atoms with van der Waals surface area (Å²) in [5, 5.41) is 5.17. The molecule has 33 heavy (non-hydrogen) atoms. The van der Waals surface area contributed by atoms with Crippen molar-refractivity contribution < 1.29 is 18.7 Å². The monoisotopic (exact) mass is 466 g/mol. The molecule has 1 saturated carbocycles. The van der Waals surface area contributed by atoms with Gasteiger partial charge in [-0.3, -0.25) is 9.59 Å². The number of para-hydroxylation sites is 1. The van der Waals surface area contributed by atoms with Gasteiger partial charge in [-0.05, 0) is 42.5 Å². The van der Waals surface area contributed by atoms with E-state index in [0.717, 1.165) is 36.1 Å². The Morgan fingerprint density at radius 2 is 1.94 bits per heavy atom. The van der Waals surface area contributed by atoms with Gasteiger partial charge in [0.25, 0.3) is 0 Å². The van der Waals surface area contributed by atoms with E-state index in [0.29, 0.717) is 11.5 Å². The molecule has 4 rings (SSSR count). The predicted molar refractivity (Wildman–Crippen MR) is 128 cm³/mol. The van der Waals surface area contributed by atoms with E-state index >= 15 is 0 Å². The Balaban J connectivity index is 1.66. The molecule has 2 heterocycles. The summed E-state index contributed by atoms with van der Waals surface area (Å²) >= 11 is 1.49. The Labute approximate surface area is 198 Å². The lowest BCUT2D eigenvalue weighted by atomic mass is 9.95. The van der Waals surface area contributed by atoms with Crippen LogP contribution in [0, 0.1) is 0 Å². The van der Waals surface area contributed by atoms with Gasteiger partial charge in [0.2, 0.25) is 11.8 Å². The molecule has 2 aromatic heterocycles. The summed E-state index contributed by atoms with van der Waals surface area (Å²) in [5.74, 6) is 0.952. The molecule has 0 saturated heterocycles. The van der Waals surface area contributed by atoms with Crippen molar-refractivity contribution in [2.75, 3.05) is 7.11 Å². The second kappa shape index (κ2) is 11.2. The summed E-state index contributed by atoms with van der Waals surface area (Å²) in [7, 11) is 1.61. The molecule has 0 aliphatic heterocycles. The van der Waals surface area contributed by atoms with Crippen LogP contribution in [0.1, 0.15) is 54.3 Å². The molecule has 0 bridgehead atoms. The molecule has 0 spiro atoms. The molecule has 1 aliphatic carbocycles. The van der Waals surface area contributed by atoms with Crippen LogP contribution < -0.4 is 10.1 Å². The minimum absolute atomic E-state index is 0.0841. The van der Waals surface area contributed by atoms with Gasteiger partial charge in [-0.1, -0.05) is 43.5 Å². The van der Waals surface area contributed by atoms with Crippen molar-refractivity contribution in [1.82, 2.24) is 10.2 Å². The van der Waals surface area contributed by atoms with Crippen molar-refractivity contribution >= 4 is 23.2 Å². The first kappa shape index (κ1) is 23.1. The van der Waals surface area contributed by atoms with Crippen LogP contribution in [0.4, 0.5) is 0 Å². The zero-order chi connectivity index (χ0) is 23.0. The number of ether oxygens (including phenoxy) is 1. The van der Waals surface area contributed by atoms with E-state index in [1.165, 1.54) is 17.8 Å². The number of nitrogens with zero attached hydrogens (tertiary/aromatic N) is 1. The molecule has 1 aromatic carbocycles. The van der Waals surface area contributed by atoms with Crippen LogP contribution in [-0.4, -0.2) is 29.9 Å². The first-order valence-corrected chi connectivity index (χ1v) is 12.3. The van der Waals surface area contributed by atoms with E-state index in [1.54, 1.807) is 30.4 Å². The quantitative estimate of drug-likeness (QED) is 0.476. The number of methoxy groups -OCH3 is 1. The fourth-order valence-electron chi connectivity index (χ4n) is 4.40. The lowest BCUT2D eigenvalue weighted by Crippen LogP contribution is -2.47. The summed E-state index contributed by atoms with van der Waals surface area (Å²) in [6.07, 6.45) is 7.06. The number of amides is 2. The van der Waals surface area contributed by atoms with Crippen molar-refractivity contribution in [3.05, 3.63) is 76.4 Å². The fourth-order valence-corrected chi connectivity index (χ4v) is 5.24. The molecule has 1 N–H and O–H groups in total. The van der Waals surface area contributed by atoms with E-state index in [1.807, 2.05) is 41.8 Å². The van der Waals surface area contributed by atoms with E-state index in [4.69, 9.17) is 9.15 Å². The fraction of sp³-hybridized carbons (Fsp3) is 0.385. The number of hydrogen-bond acceptors (Lipinski definition) is 5. The Bertz CT molecular complexity index is 1030. The number of hydrogen-bond donors (Lipinski definition) is 1. The third-order valence-corrected chi connectivity index (χ3v) is 7.01. The number of carbonyl (C=O) groups is 2. The standard InChI is InChI=1S/C26H30N2O4S/c1-31-22-13-6-5-9-19(22)18-28(24(29)17-21-12-7-15-32-21)25(23-14-8-16-33-23)26(30)27-20-10-3-2-4-11-20/h5-9,12-16,20,25H,2-4,10-11,17-18H2,1H3,(H,27,30)/t25-/m0/s1. The molecule has 7 heteroatoms. The summed E-state index contributed by atoms with van der Waals surface area (Å²) in [6.45, 7) is 0.254. The molecular formula is C26H30N2O4S. The molecule has 0 unspecified atom stereocenters. The van der Waals surface area contributed by atoms with Crippen molar-refractivity contribution in [3.63, 3.8) is 0 Å². The molecule has 1 fully saturated rings. The van der Waals surface area contributed by atoms with Crippen LogP contribution in [0.15, 0.2) is 64.6 Å². The lowest BCUT2D eigenvalue weighted by Gasteiger charge is -2.33. The third-order valence-electron chi connectivity index (χ3n) is 6.08. The minimum atomic E-state index is -0.723. The minimum Gasteiger partial charge on any atom is -0.496 e. The molecule has 2 amide bonds. The summed E-state index contributed by atoms with van der Waals surface area (Å²) in [4.78, 5) is 29.7. The molecule has 1 aliphatic rings. The highest BCUT2D eigenvalue weighted by atomic mass is 32.1. The van der Waals surface area contributed by atoms with Crippen LogP contribution in [0.5, 0.6) is 5.75 Å². The topological polar surface area (TPSA) is 71.8 Å². The zero-order valence-corrected chi connectivity index (χ0v) is 19.7. The van der Waals surface area contributed by atoms with Gasteiger partial charge < -0.3 is 19.4 Å². The maximum Gasteiger partial charge on any atom is 0.248 e. The Morgan fingerprint density at radius 1 is 1.12 bits per heavy atom. The van der Waals surface area contributed by atoms with E-state index in [2.05, 4.69) is 5.32 Å². The van der Waals surface area contributed by atoms with E-state index in [-0.39, 0.29) is 30.8 Å². The number of benzene rings is 1. The maximum absolute atomic E-state index is 13.6. The van der Waals surface area contributed by atoms with Crippen LogP contribution in [0.25, 0.3) is 0 Å². The van der Waals surface area contributed by atoms with Crippen LogP contribution in [0.3, 0.4) is 0 Å². The first-order chi connectivity index (χ1) is 16.2. The van der Waals surface area contributed by atoms with Crippen LogP contribution in [-0.2, 0) is 22.6 Å². The predicted octanol–water partition coefficient (Wildman–Crippen LogP) is 5.11. The SMILES string of the molecule is COc1ccccc1CN(C(=O)Cc1ccco1)[C@H](C(=O)NC1CCCCC1)c1cccs1. The highest BCUT2D eigenvalue weighted by molar-refractivity contribution is 7.10. The third kappa shape index (κ3) is 5.85. The van der Waals surface area contributed by atoms with Gasteiger partial charge in [0.15, 0.2) is 0 Å². The van der Waals surface area contributed by atoms with Crippen LogP contribution in [0.2, 0.25) is 0 Å². The maximum atomic E-state index is 13.6. The zero-order valence-electron chi connectivity index (χ0n) is 18.9. The van der Waals surface area contributed by atoms with Gasteiger partial charge in [0.1, 0.15) is 17.6 Å². The molecule has 6 nitrogen and oxygen atoms in total. The molecule has 0 radical (unpaired) electrons. The Morgan fingerprint density at radius 3 is 2.64 bits per heavy atom. The average molecular weight is 467 g/mol. The van der Waals surface area contributed by atoms with Gasteiger partial charge in [-0.15, -0.1) is 11.3 Å². The van der Waals surface area contributed by atoms with Crippen molar-refractivity contribution in [2.45, 2.75) is 57.2 Å². The largest absolute Gasteiger partial charge is 0.496 e. The van der Waals surface area contributed by atoms with Gasteiger partial charge >= 0.3 is 0 Å². The number of furan rings is 1. The normalized spacial score (nSPS) is 15.1. The molecule has 174 valence electrons. The second-order valence-electron chi connectivity index (χ2n) is 8.35. The van der Waals surface area contributed by atoms with Crippen molar-refractivity contribution in [1.29, 1.82) is 0 Å². The highest BCUT2D eigenvalue weighted by Gasteiger charge is 2.34. The van der Waals surface area contributed by atoms with Gasteiger partial charge in [-0.25, -0.2) is 0 Å². The average Bonchev–Trinajstić information content (AvgIpc) is 3.54. The number of rotatable bonds is 9. The van der Waals surface area contributed by atoms with Gasteiger partial charge in [0.05, 0.1) is 26.3 Å². The number of nitrogens with one attached hydrogen (secondary N) is 1. The van der Waals surface area contributed by atoms with E-state index in [9.17, 15) is 9.59 Å². The highest BCUT2D eigenvalue weighted by Crippen LogP contribution is 2.31. The van der Waals surface area contributed by atoms with Crippen LogP contribution >= 0.6 is 11.3 Å². The molecule has 1 atom stereocenters. The summed E-state index contributed by atoms with van der Waals surface area (Å²) < 4.78 is 11.0. The smallest absolute Gasteiger partial charge is 0.248 e. The van der Waals surface area contributed by atoms with Crippen molar-refractivity contribution in [2.24, 2.45) is 0 Å². The summed E-state index contributed by atoms with van der Waals surface area (Å²) in [5.41, 5.74) is 0.847. The first-order valence-electron chi connectivity index (χ1n) is 11.4. The molecule has 3 aromatic rings. The number of thiophene rings is 1. The second-order valence-corrected chi connectivity index (χ2v) is 9.33. The molecular weight excluding hydrogens is 436 g/mol.